The summed E-state index contributed by atoms with van der Waals surface area (Å²) in [6.07, 6.45) is 0. The van der Waals surface area contributed by atoms with Crippen LogP contribution in [-0.2, 0) is 4.74 Å². The van der Waals surface area contributed by atoms with Crippen molar-refractivity contribution in [3.63, 3.8) is 0 Å². The minimum Gasteiger partial charge on any atom is -0.380 e. The number of anilines is 1. The Labute approximate surface area is 101 Å². The Morgan fingerprint density at radius 3 is 2.76 bits per heavy atom. The molecule has 0 amide bonds. The van der Waals surface area contributed by atoms with E-state index in [0.717, 1.165) is 5.69 Å². The van der Waals surface area contributed by atoms with Gasteiger partial charge in [0.1, 0.15) is 5.82 Å². The zero-order valence-electron chi connectivity index (χ0n) is 10.5. The average molecular weight is 239 g/mol. The van der Waals surface area contributed by atoms with Crippen molar-refractivity contribution in [2.24, 2.45) is 0 Å². The Morgan fingerprint density at radius 1 is 1.47 bits per heavy atom. The van der Waals surface area contributed by atoms with Crippen molar-refractivity contribution in [3.05, 3.63) is 29.6 Å². The Bertz CT molecular complexity index is 393. The van der Waals surface area contributed by atoms with Gasteiger partial charge in [0.05, 0.1) is 6.61 Å². The van der Waals surface area contributed by atoms with Crippen LogP contribution in [0.3, 0.4) is 0 Å². The second-order valence-corrected chi connectivity index (χ2v) is 3.84. The van der Waals surface area contributed by atoms with Gasteiger partial charge in [0.25, 0.3) is 0 Å². The molecule has 4 heteroatoms. The maximum Gasteiger partial charge on any atom is 0.161 e. The van der Waals surface area contributed by atoms with Crippen LogP contribution < -0.4 is 4.90 Å². The molecule has 17 heavy (non-hydrogen) atoms. The third-order valence-corrected chi connectivity index (χ3v) is 2.52. The fraction of sp³-hybridized carbons (Fsp3) is 0.462. The van der Waals surface area contributed by atoms with Gasteiger partial charge in [-0.05, 0) is 32.0 Å². The molecule has 1 aromatic rings. The molecule has 0 saturated carbocycles. The molecule has 0 heterocycles. The minimum absolute atomic E-state index is 0.136. The number of carbonyl (C=O) groups excluding carboxylic acids is 1. The van der Waals surface area contributed by atoms with Gasteiger partial charge < -0.3 is 9.64 Å². The monoisotopic (exact) mass is 239 g/mol. The highest BCUT2D eigenvalue weighted by Crippen LogP contribution is 2.21. The van der Waals surface area contributed by atoms with E-state index in [0.29, 0.717) is 25.3 Å². The van der Waals surface area contributed by atoms with Crippen LogP contribution in [0.25, 0.3) is 0 Å². The van der Waals surface area contributed by atoms with Gasteiger partial charge in [-0.2, -0.15) is 0 Å². The van der Waals surface area contributed by atoms with Crippen molar-refractivity contribution < 1.29 is 13.9 Å². The summed E-state index contributed by atoms with van der Waals surface area (Å²) >= 11 is 0. The van der Waals surface area contributed by atoms with Crippen LogP contribution in [0.4, 0.5) is 10.1 Å². The van der Waals surface area contributed by atoms with Crippen LogP contribution in [0.5, 0.6) is 0 Å². The van der Waals surface area contributed by atoms with E-state index >= 15 is 0 Å². The summed E-state index contributed by atoms with van der Waals surface area (Å²) in [4.78, 5) is 13.3. The standard InChI is InChI=1S/C13H18FNO2/c1-4-17-8-7-15(3)13-6-5-11(14)9-12(13)10(2)16/h5-6,9H,4,7-8H2,1-3H3. The van der Waals surface area contributed by atoms with Crippen LogP contribution in [0.15, 0.2) is 18.2 Å². The fourth-order valence-electron chi connectivity index (χ4n) is 1.59. The van der Waals surface area contributed by atoms with Gasteiger partial charge in [-0.1, -0.05) is 0 Å². The van der Waals surface area contributed by atoms with E-state index in [1.165, 1.54) is 19.1 Å². The summed E-state index contributed by atoms with van der Waals surface area (Å²) in [5.74, 6) is -0.528. The summed E-state index contributed by atoms with van der Waals surface area (Å²) in [5.41, 5.74) is 1.14. The molecule has 0 aliphatic carbocycles. The molecule has 0 aliphatic rings. The molecule has 0 unspecified atom stereocenters. The molecule has 0 fully saturated rings. The highest BCUT2D eigenvalue weighted by Gasteiger charge is 2.12. The van der Waals surface area contributed by atoms with Crippen molar-refractivity contribution in [3.8, 4) is 0 Å². The molecule has 0 bridgehead atoms. The minimum atomic E-state index is -0.392. The lowest BCUT2D eigenvalue weighted by Gasteiger charge is -2.21. The number of Topliss-reactive ketones (excluding diaryl/α,β-unsaturated/α-hetero) is 1. The first-order valence-electron chi connectivity index (χ1n) is 5.65. The Hall–Kier alpha value is -1.42. The molecule has 0 saturated heterocycles. The quantitative estimate of drug-likeness (QED) is 0.564. The molecular formula is C13H18FNO2. The van der Waals surface area contributed by atoms with Crippen LogP contribution in [0.1, 0.15) is 24.2 Å². The van der Waals surface area contributed by atoms with Gasteiger partial charge in [-0.3, -0.25) is 4.79 Å². The van der Waals surface area contributed by atoms with E-state index in [4.69, 9.17) is 4.74 Å². The molecule has 0 aliphatic heterocycles. The van der Waals surface area contributed by atoms with Crippen LogP contribution >= 0.6 is 0 Å². The molecule has 3 nitrogen and oxygen atoms in total. The molecule has 1 rings (SSSR count). The summed E-state index contributed by atoms with van der Waals surface area (Å²) in [7, 11) is 1.86. The van der Waals surface area contributed by atoms with E-state index in [1.54, 1.807) is 6.07 Å². The lowest BCUT2D eigenvalue weighted by atomic mass is 10.1. The van der Waals surface area contributed by atoms with E-state index in [9.17, 15) is 9.18 Å². The molecule has 0 spiro atoms. The summed E-state index contributed by atoms with van der Waals surface area (Å²) in [6.45, 7) is 5.28. The fourth-order valence-corrected chi connectivity index (χ4v) is 1.59. The zero-order chi connectivity index (χ0) is 12.8. The van der Waals surface area contributed by atoms with Gasteiger partial charge in [0, 0.05) is 31.5 Å². The van der Waals surface area contributed by atoms with Crippen molar-refractivity contribution in [1.82, 2.24) is 0 Å². The molecule has 0 N–H and O–H groups in total. The normalized spacial score (nSPS) is 10.4. The van der Waals surface area contributed by atoms with E-state index in [1.807, 2.05) is 18.9 Å². The maximum absolute atomic E-state index is 13.1. The van der Waals surface area contributed by atoms with Crippen LogP contribution in [-0.4, -0.2) is 32.6 Å². The topological polar surface area (TPSA) is 29.5 Å². The number of hydrogen-bond donors (Lipinski definition) is 0. The first-order chi connectivity index (χ1) is 8.06. The molecular weight excluding hydrogens is 221 g/mol. The molecule has 94 valence electrons. The van der Waals surface area contributed by atoms with Crippen LogP contribution in [0, 0.1) is 5.82 Å². The van der Waals surface area contributed by atoms with Crippen molar-refractivity contribution in [2.45, 2.75) is 13.8 Å². The van der Waals surface area contributed by atoms with Crippen LogP contribution in [0.2, 0.25) is 0 Å². The van der Waals surface area contributed by atoms with Gasteiger partial charge >= 0.3 is 0 Å². The number of nitrogens with zero attached hydrogens (tertiary/aromatic N) is 1. The zero-order valence-corrected chi connectivity index (χ0v) is 10.5. The predicted octanol–water partition coefficient (Wildman–Crippen LogP) is 2.50. The van der Waals surface area contributed by atoms with E-state index < -0.39 is 5.82 Å². The first kappa shape index (κ1) is 13.6. The summed E-state index contributed by atoms with van der Waals surface area (Å²) in [5, 5.41) is 0. The van der Waals surface area contributed by atoms with Crippen molar-refractivity contribution in [1.29, 1.82) is 0 Å². The molecule has 0 radical (unpaired) electrons. The molecule has 0 atom stereocenters. The number of carbonyl (C=O) groups is 1. The highest BCUT2D eigenvalue weighted by molar-refractivity contribution is 5.99. The number of ether oxygens (including phenoxy) is 1. The maximum atomic E-state index is 13.1. The van der Waals surface area contributed by atoms with Gasteiger partial charge in [-0.15, -0.1) is 0 Å². The summed E-state index contributed by atoms with van der Waals surface area (Å²) < 4.78 is 18.3. The van der Waals surface area contributed by atoms with E-state index in [-0.39, 0.29) is 5.78 Å². The first-order valence-corrected chi connectivity index (χ1v) is 5.65. The number of hydrogen-bond acceptors (Lipinski definition) is 3. The predicted molar refractivity (Wildman–Crippen MR) is 66.2 cm³/mol. The number of rotatable bonds is 6. The van der Waals surface area contributed by atoms with Gasteiger partial charge in [0.15, 0.2) is 5.78 Å². The largest absolute Gasteiger partial charge is 0.380 e. The average Bonchev–Trinajstić information content (AvgIpc) is 2.29. The molecule has 1 aromatic carbocycles. The number of halogens is 1. The van der Waals surface area contributed by atoms with Gasteiger partial charge in [0.2, 0.25) is 0 Å². The highest BCUT2D eigenvalue weighted by atomic mass is 19.1. The third kappa shape index (κ3) is 3.82. The smallest absolute Gasteiger partial charge is 0.161 e. The number of benzene rings is 1. The Balaban J connectivity index is 2.84. The van der Waals surface area contributed by atoms with Crippen molar-refractivity contribution >= 4 is 11.5 Å². The Kier molecular flexibility index (Phi) is 5.10. The third-order valence-electron chi connectivity index (χ3n) is 2.52. The number of ketones is 1. The lowest BCUT2D eigenvalue weighted by Crippen LogP contribution is -2.24. The number of likely N-dealkylation sites (N-methyl/N-ethyl adjacent to an activating group) is 1. The summed E-state index contributed by atoms with van der Waals surface area (Å²) in [6, 6.07) is 4.26. The van der Waals surface area contributed by atoms with Crippen molar-refractivity contribution in [2.75, 3.05) is 31.7 Å². The second-order valence-electron chi connectivity index (χ2n) is 3.84. The lowest BCUT2D eigenvalue weighted by molar-refractivity contribution is 0.101. The molecule has 0 aromatic heterocycles. The SMILES string of the molecule is CCOCCN(C)c1ccc(F)cc1C(C)=O. The Morgan fingerprint density at radius 2 is 2.18 bits per heavy atom. The second kappa shape index (κ2) is 6.35. The van der Waals surface area contributed by atoms with E-state index in [2.05, 4.69) is 0 Å². The van der Waals surface area contributed by atoms with Gasteiger partial charge in [-0.25, -0.2) is 4.39 Å².